The number of aliphatic hydroxyl groups is 1. The van der Waals surface area contributed by atoms with Crippen molar-refractivity contribution in [1.82, 2.24) is 4.90 Å². The molecule has 1 amide bonds. The summed E-state index contributed by atoms with van der Waals surface area (Å²) in [4.78, 5) is 27.6. The average molecular weight is 419 g/mol. The third-order valence-corrected chi connectivity index (χ3v) is 5.22. The van der Waals surface area contributed by atoms with Gasteiger partial charge in [-0.2, -0.15) is 0 Å². The molecule has 1 aliphatic rings. The highest BCUT2D eigenvalue weighted by Crippen LogP contribution is 2.41. The van der Waals surface area contributed by atoms with Crippen LogP contribution in [-0.4, -0.2) is 28.8 Å². The van der Waals surface area contributed by atoms with Gasteiger partial charge >= 0.3 is 0 Å². The zero-order valence-electron chi connectivity index (χ0n) is 16.4. The van der Waals surface area contributed by atoms with Crippen molar-refractivity contribution in [3.8, 4) is 5.75 Å². The zero-order chi connectivity index (χ0) is 21.5. The van der Waals surface area contributed by atoms with E-state index < -0.39 is 23.5 Å². The van der Waals surface area contributed by atoms with E-state index in [-0.39, 0.29) is 17.9 Å². The van der Waals surface area contributed by atoms with Crippen LogP contribution in [0, 0.1) is 0 Å². The first-order valence-corrected chi connectivity index (χ1v) is 9.49. The molecule has 8 nitrogen and oxygen atoms in total. The molecule has 3 aromatic heterocycles. The summed E-state index contributed by atoms with van der Waals surface area (Å²) in [6.07, 6.45) is 2.92. The molecule has 1 atom stereocenters. The molecular formula is C23H17NO7. The van der Waals surface area contributed by atoms with Crippen LogP contribution >= 0.6 is 0 Å². The van der Waals surface area contributed by atoms with E-state index >= 15 is 0 Å². The first kappa shape index (κ1) is 18.8. The largest absolute Gasteiger partial charge is 0.503 e. The van der Waals surface area contributed by atoms with E-state index in [1.54, 1.807) is 48.5 Å². The summed E-state index contributed by atoms with van der Waals surface area (Å²) in [6, 6.07) is 12.6. The lowest BCUT2D eigenvalue weighted by Crippen LogP contribution is -2.30. The number of hydrogen-bond donors (Lipinski definition) is 1. The number of aliphatic hydroxyl groups excluding tert-OH is 1. The number of fused-ring (bicyclic) bond motifs is 1. The predicted molar refractivity (Wildman–Crippen MR) is 107 cm³/mol. The van der Waals surface area contributed by atoms with E-state index in [1.807, 2.05) is 0 Å². The second-order valence-corrected chi connectivity index (χ2v) is 7.01. The van der Waals surface area contributed by atoms with Gasteiger partial charge in [0.15, 0.2) is 22.9 Å². The molecule has 1 unspecified atom stereocenters. The Labute approximate surface area is 175 Å². The fourth-order valence-electron chi connectivity index (χ4n) is 3.80. The number of furan rings is 3. The van der Waals surface area contributed by atoms with Gasteiger partial charge < -0.3 is 28.0 Å². The van der Waals surface area contributed by atoms with Crippen LogP contribution in [-0.2, 0) is 11.3 Å². The molecule has 0 radical (unpaired) electrons. The minimum Gasteiger partial charge on any atom is -0.503 e. The molecule has 4 aromatic rings. The van der Waals surface area contributed by atoms with Gasteiger partial charge in [0.05, 0.1) is 31.8 Å². The first-order valence-electron chi connectivity index (χ1n) is 9.49. The van der Waals surface area contributed by atoms with Crippen LogP contribution in [0.15, 0.2) is 85.6 Å². The molecule has 1 aliphatic heterocycles. The number of para-hydroxylation sites is 1. The Morgan fingerprint density at radius 1 is 1.13 bits per heavy atom. The number of benzene rings is 1. The van der Waals surface area contributed by atoms with Crippen molar-refractivity contribution >= 4 is 22.7 Å². The van der Waals surface area contributed by atoms with E-state index in [0.29, 0.717) is 28.2 Å². The standard InChI is InChI=1S/C23H17NO7/c1-28-16-7-2-5-13-11-17(31-22(13)16)20(25)18-19(15-8-4-10-30-15)24(23(27)21(18)26)12-14-6-3-9-29-14/h2-11,19,26H,12H2,1H3. The van der Waals surface area contributed by atoms with Crippen molar-refractivity contribution in [2.45, 2.75) is 12.6 Å². The summed E-state index contributed by atoms with van der Waals surface area (Å²) >= 11 is 0. The van der Waals surface area contributed by atoms with Crippen molar-refractivity contribution < 1.29 is 32.7 Å². The third-order valence-electron chi connectivity index (χ3n) is 5.22. The molecule has 31 heavy (non-hydrogen) atoms. The van der Waals surface area contributed by atoms with Crippen LogP contribution < -0.4 is 4.74 Å². The molecule has 5 rings (SSSR count). The molecule has 0 spiro atoms. The Morgan fingerprint density at radius 3 is 2.65 bits per heavy atom. The second-order valence-electron chi connectivity index (χ2n) is 7.01. The molecule has 156 valence electrons. The summed E-state index contributed by atoms with van der Waals surface area (Å²) in [5, 5.41) is 11.3. The summed E-state index contributed by atoms with van der Waals surface area (Å²) in [5.41, 5.74) is 0.282. The molecular weight excluding hydrogens is 402 g/mol. The summed E-state index contributed by atoms with van der Waals surface area (Å²) in [5.74, 6) is -0.682. The van der Waals surface area contributed by atoms with Gasteiger partial charge in [0, 0.05) is 5.39 Å². The number of rotatable bonds is 6. The number of Topliss-reactive ketones (excluding diaryl/α,β-unsaturated/α-hetero) is 1. The molecule has 4 heterocycles. The predicted octanol–water partition coefficient (Wildman–Crippen LogP) is 4.41. The topological polar surface area (TPSA) is 106 Å². The Balaban J connectivity index is 1.59. The lowest BCUT2D eigenvalue weighted by atomic mass is 9.99. The lowest BCUT2D eigenvalue weighted by molar-refractivity contribution is -0.130. The van der Waals surface area contributed by atoms with E-state index in [2.05, 4.69) is 0 Å². The number of methoxy groups -OCH3 is 1. The van der Waals surface area contributed by atoms with E-state index in [4.69, 9.17) is 18.0 Å². The van der Waals surface area contributed by atoms with Gasteiger partial charge in [0.25, 0.3) is 5.91 Å². The summed E-state index contributed by atoms with van der Waals surface area (Å²) in [7, 11) is 1.50. The van der Waals surface area contributed by atoms with E-state index in [9.17, 15) is 14.7 Å². The quantitative estimate of drug-likeness (QED) is 0.462. The number of carbonyl (C=O) groups excluding carboxylic acids is 2. The Kier molecular flexibility index (Phi) is 4.39. The maximum Gasteiger partial charge on any atom is 0.290 e. The highest BCUT2D eigenvalue weighted by molar-refractivity contribution is 6.16. The van der Waals surface area contributed by atoms with Crippen molar-refractivity contribution in [2.24, 2.45) is 0 Å². The normalized spacial score (nSPS) is 16.5. The molecule has 0 bridgehead atoms. The SMILES string of the molecule is COc1cccc2cc(C(=O)C3=C(O)C(=O)N(Cc4ccco4)C3c3ccco3)oc12. The molecule has 1 N–H and O–H groups in total. The van der Waals surface area contributed by atoms with Gasteiger partial charge in [0.1, 0.15) is 17.6 Å². The Bertz CT molecular complexity index is 1300. The van der Waals surface area contributed by atoms with Crippen molar-refractivity contribution in [1.29, 1.82) is 0 Å². The number of hydrogen-bond acceptors (Lipinski definition) is 7. The van der Waals surface area contributed by atoms with E-state index in [0.717, 1.165) is 0 Å². The minimum absolute atomic E-state index is 0.0229. The molecule has 0 aliphatic carbocycles. The smallest absolute Gasteiger partial charge is 0.290 e. The maximum atomic E-state index is 13.4. The number of carbonyl (C=O) groups is 2. The third kappa shape index (κ3) is 3.00. The van der Waals surface area contributed by atoms with Gasteiger partial charge in [-0.05, 0) is 36.4 Å². The van der Waals surface area contributed by atoms with Crippen LogP contribution in [0.1, 0.15) is 28.1 Å². The van der Waals surface area contributed by atoms with Gasteiger partial charge in [-0.25, -0.2) is 0 Å². The van der Waals surface area contributed by atoms with Crippen molar-refractivity contribution in [3.63, 3.8) is 0 Å². The van der Waals surface area contributed by atoms with Gasteiger partial charge in [-0.1, -0.05) is 12.1 Å². The van der Waals surface area contributed by atoms with Gasteiger partial charge in [-0.3, -0.25) is 9.59 Å². The van der Waals surface area contributed by atoms with Crippen LogP contribution in [0.25, 0.3) is 11.0 Å². The highest BCUT2D eigenvalue weighted by atomic mass is 16.5. The summed E-state index contributed by atoms with van der Waals surface area (Å²) in [6.45, 7) is 0.0476. The van der Waals surface area contributed by atoms with Gasteiger partial charge in [0.2, 0.25) is 5.78 Å². The zero-order valence-corrected chi connectivity index (χ0v) is 16.4. The summed E-state index contributed by atoms with van der Waals surface area (Å²) < 4.78 is 21.9. The van der Waals surface area contributed by atoms with Crippen molar-refractivity contribution in [3.05, 3.63) is 89.7 Å². The Hall–Kier alpha value is -4.20. The van der Waals surface area contributed by atoms with Crippen molar-refractivity contribution in [2.75, 3.05) is 7.11 Å². The number of ether oxygens (including phenoxy) is 1. The fourth-order valence-corrected chi connectivity index (χ4v) is 3.80. The molecule has 0 fully saturated rings. The lowest BCUT2D eigenvalue weighted by Gasteiger charge is -2.23. The number of amides is 1. The van der Waals surface area contributed by atoms with Crippen LogP contribution in [0.2, 0.25) is 0 Å². The fraction of sp³-hybridized carbons (Fsp3) is 0.130. The van der Waals surface area contributed by atoms with Crippen LogP contribution in [0.4, 0.5) is 0 Å². The molecule has 8 heteroatoms. The maximum absolute atomic E-state index is 13.4. The highest BCUT2D eigenvalue weighted by Gasteiger charge is 2.46. The van der Waals surface area contributed by atoms with E-state index in [1.165, 1.54) is 24.5 Å². The van der Waals surface area contributed by atoms with Gasteiger partial charge in [-0.15, -0.1) is 0 Å². The monoisotopic (exact) mass is 419 g/mol. The second kappa shape index (κ2) is 7.24. The molecule has 0 saturated carbocycles. The Morgan fingerprint density at radius 2 is 1.94 bits per heavy atom. The van der Waals surface area contributed by atoms with Crippen LogP contribution in [0.5, 0.6) is 5.75 Å². The minimum atomic E-state index is -0.935. The number of nitrogens with zero attached hydrogens (tertiary/aromatic N) is 1. The first-order chi connectivity index (χ1) is 15.1. The van der Waals surface area contributed by atoms with Crippen LogP contribution in [0.3, 0.4) is 0 Å². The number of ketones is 1. The molecule has 0 saturated heterocycles. The molecule has 1 aromatic carbocycles. The average Bonchev–Trinajstić information content (AvgIpc) is 3.57.